The van der Waals surface area contributed by atoms with Crippen molar-refractivity contribution >= 4 is 17.2 Å². The first-order valence-electron chi connectivity index (χ1n) is 8.10. The number of hydrogen-bond donors (Lipinski definition) is 0. The number of hydrogen-bond acceptors (Lipinski definition) is 7. The quantitative estimate of drug-likeness (QED) is 0.813. The largest absolute Gasteiger partial charge is 0.379 e. The Bertz CT molecular complexity index is 703. The van der Waals surface area contributed by atoms with Crippen LogP contribution in [0, 0.1) is 0 Å². The van der Waals surface area contributed by atoms with Crippen LogP contribution in [0.5, 0.6) is 0 Å². The monoisotopic (exact) mass is 333 g/mol. The molecular weight excluding hydrogens is 310 g/mol. The predicted molar refractivity (Wildman–Crippen MR) is 87.6 cm³/mol. The van der Waals surface area contributed by atoms with Crippen molar-refractivity contribution in [1.82, 2.24) is 34.8 Å². The molecular formula is C15H23N7O2. The third-order valence-electron chi connectivity index (χ3n) is 4.15. The molecule has 0 unspecified atom stereocenters. The Morgan fingerprint density at radius 1 is 1.33 bits per heavy atom. The lowest BCUT2D eigenvalue weighted by Gasteiger charge is -2.37. The molecule has 0 aromatic carbocycles. The fourth-order valence-corrected chi connectivity index (χ4v) is 2.76. The van der Waals surface area contributed by atoms with Gasteiger partial charge in [0.1, 0.15) is 11.8 Å². The highest BCUT2D eigenvalue weighted by Gasteiger charge is 2.29. The maximum absolute atomic E-state index is 13.1. The summed E-state index contributed by atoms with van der Waals surface area (Å²) in [4.78, 5) is 21.4. The Morgan fingerprint density at radius 3 is 2.79 bits per heavy atom. The van der Waals surface area contributed by atoms with Gasteiger partial charge in [0, 0.05) is 31.7 Å². The van der Waals surface area contributed by atoms with E-state index in [2.05, 4.69) is 25.3 Å². The van der Waals surface area contributed by atoms with Crippen molar-refractivity contribution in [2.75, 3.05) is 39.4 Å². The first-order chi connectivity index (χ1) is 11.5. The van der Waals surface area contributed by atoms with Gasteiger partial charge in [-0.3, -0.25) is 4.90 Å². The lowest BCUT2D eigenvalue weighted by atomic mass is 10.1. The van der Waals surface area contributed by atoms with E-state index in [1.54, 1.807) is 0 Å². The van der Waals surface area contributed by atoms with Crippen LogP contribution in [0.15, 0.2) is 12.5 Å². The minimum atomic E-state index is -0.312. The minimum absolute atomic E-state index is 0.131. The summed E-state index contributed by atoms with van der Waals surface area (Å²) in [6.45, 7) is 10.8. The van der Waals surface area contributed by atoms with Gasteiger partial charge in [-0.15, -0.1) is 10.2 Å². The molecule has 1 amide bonds. The van der Waals surface area contributed by atoms with Crippen molar-refractivity contribution in [3.63, 3.8) is 0 Å². The van der Waals surface area contributed by atoms with Crippen molar-refractivity contribution in [2.24, 2.45) is 0 Å². The molecule has 2 aromatic heterocycles. The maximum atomic E-state index is 13.1. The van der Waals surface area contributed by atoms with E-state index in [9.17, 15) is 4.79 Å². The predicted octanol–water partition coefficient (Wildman–Crippen LogP) is 0.622. The van der Waals surface area contributed by atoms with Crippen molar-refractivity contribution in [3.8, 4) is 0 Å². The second-order valence-corrected chi connectivity index (χ2v) is 6.82. The number of carbonyl (C=O) groups excluding carboxylic acids is 1. The molecule has 1 fully saturated rings. The second kappa shape index (κ2) is 6.78. The fraction of sp³-hybridized carbons (Fsp3) is 0.667. The van der Waals surface area contributed by atoms with E-state index >= 15 is 0 Å². The van der Waals surface area contributed by atoms with Gasteiger partial charge in [-0.25, -0.2) is 14.3 Å². The number of fused-ring (bicyclic) bond motifs is 1. The molecule has 3 rings (SSSR count). The Hall–Kier alpha value is -2.13. The summed E-state index contributed by atoms with van der Waals surface area (Å²) < 4.78 is 6.86. The van der Waals surface area contributed by atoms with Gasteiger partial charge < -0.3 is 9.64 Å². The maximum Gasteiger partial charge on any atom is 0.330 e. The van der Waals surface area contributed by atoms with Gasteiger partial charge in [0.15, 0.2) is 0 Å². The van der Waals surface area contributed by atoms with Crippen molar-refractivity contribution in [1.29, 1.82) is 0 Å². The van der Waals surface area contributed by atoms with Crippen molar-refractivity contribution in [3.05, 3.63) is 12.5 Å². The van der Waals surface area contributed by atoms with E-state index in [1.165, 1.54) is 17.1 Å². The zero-order valence-electron chi connectivity index (χ0n) is 14.3. The summed E-state index contributed by atoms with van der Waals surface area (Å²) in [5, 5.41) is 11.2. The molecule has 1 aliphatic rings. The summed E-state index contributed by atoms with van der Waals surface area (Å²) >= 11 is 0. The van der Waals surface area contributed by atoms with Crippen LogP contribution in [0.4, 0.5) is 4.79 Å². The van der Waals surface area contributed by atoms with E-state index in [0.29, 0.717) is 17.7 Å². The number of morpholine rings is 1. The van der Waals surface area contributed by atoms with Crippen molar-refractivity contribution in [2.45, 2.75) is 26.3 Å². The lowest BCUT2D eigenvalue weighted by molar-refractivity contribution is 0.0311. The molecule has 0 atom stereocenters. The number of nitrogens with zero attached hydrogens (tertiary/aromatic N) is 7. The molecule has 24 heavy (non-hydrogen) atoms. The molecule has 0 N–H and O–H groups in total. The number of imidazole rings is 1. The van der Waals surface area contributed by atoms with Gasteiger partial charge in [0.25, 0.3) is 0 Å². The van der Waals surface area contributed by atoms with E-state index in [-0.39, 0.29) is 11.6 Å². The molecule has 3 heterocycles. The van der Waals surface area contributed by atoms with Crippen LogP contribution in [0.3, 0.4) is 0 Å². The second-order valence-electron chi connectivity index (χ2n) is 6.82. The first kappa shape index (κ1) is 16.7. The third kappa shape index (κ3) is 3.51. The summed E-state index contributed by atoms with van der Waals surface area (Å²) in [5.74, 6) is 0. The van der Waals surface area contributed by atoms with Crippen LogP contribution in [0.1, 0.15) is 20.8 Å². The van der Waals surface area contributed by atoms with Crippen LogP contribution in [0.25, 0.3) is 11.2 Å². The van der Waals surface area contributed by atoms with Gasteiger partial charge in [-0.05, 0) is 26.0 Å². The zero-order chi connectivity index (χ0) is 17.2. The van der Waals surface area contributed by atoms with Crippen LogP contribution in [0.2, 0.25) is 0 Å². The number of ether oxygens (including phenoxy) is 1. The van der Waals surface area contributed by atoms with Crippen LogP contribution >= 0.6 is 0 Å². The average Bonchev–Trinajstić information content (AvgIpc) is 2.98. The highest BCUT2D eigenvalue weighted by Crippen LogP contribution is 2.17. The molecule has 1 aliphatic heterocycles. The fourth-order valence-electron chi connectivity index (χ4n) is 2.76. The van der Waals surface area contributed by atoms with Crippen molar-refractivity contribution < 1.29 is 9.53 Å². The topological polar surface area (TPSA) is 89.3 Å². The molecule has 130 valence electrons. The Kier molecular flexibility index (Phi) is 4.72. The third-order valence-corrected chi connectivity index (χ3v) is 4.15. The minimum Gasteiger partial charge on any atom is -0.379 e. The summed E-state index contributed by atoms with van der Waals surface area (Å²) in [5.41, 5.74) is 0.671. The van der Waals surface area contributed by atoms with E-state index < -0.39 is 0 Å². The normalized spacial score (nSPS) is 16.5. The van der Waals surface area contributed by atoms with E-state index in [1.807, 2.05) is 25.7 Å². The smallest absolute Gasteiger partial charge is 0.330 e. The first-order valence-corrected chi connectivity index (χ1v) is 8.10. The summed E-state index contributed by atoms with van der Waals surface area (Å²) in [7, 11) is 0. The molecule has 0 spiro atoms. The number of amides is 1. The highest BCUT2D eigenvalue weighted by molar-refractivity contribution is 5.87. The zero-order valence-corrected chi connectivity index (χ0v) is 14.3. The Labute approximate surface area is 140 Å². The van der Waals surface area contributed by atoms with Gasteiger partial charge in [-0.2, -0.15) is 0 Å². The van der Waals surface area contributed by atoms with Gasteiger partial charge >= 0.3 is 6.03 Å². The number of carbonyl (C=O) groups is 1. The molecule has 0 bridgehead atoms. The summed E-state index contributed by atoms with van der Waals surface area (Å²) in [6, 6.07) is -0.131. The lowest BCUT2D eigenvalue weighted by Crippen LogP contribution is -2.51. The Morgan fingerprint density at radius 2 is 2.08 bits per heavy atom. The molecule has 9 nitrogen and oxygen atoms in total. The SMILES string of the molecule is CC(C)(C)N(CCN1CCOCC1)C(=O)n1cnc2nnncc21. The summed E-state index contributed by atoms with van der Waals surface area (Å²) in [6.07, 6.45) is 2.99. The molecule has 2 aromatic rings. The van der Waals surface area contributed by atoms with E-state index in [4.69, 9.17) is 4.74 Å². The Balaban J connectivity index is 1.79. The average molecular weight is 333 g/mol. The van der Waals surface area contributed by atoms with Crippen LogP contribution in [-0.4, -0.2) is 85.7 Å². The van der Waals surface area contributed by atoms with Crippen LogP contribution in [-0.2, 0) is 4.74 Å². The molecule has 0 radical (unpaired) electrons. The number of rotatable bonds is 3. The van der Waals surface area contributed by atoms with E-state index in [0.717, 1.165) is 32.8 Å². The number of aromatic nitrogens is 5. The highest BCUT2D eigenvalue weighted by atomic mass is 16.5. The molecule has 0 aliphatic carbocycles. The molecule has 0 saturated carbocycles. The van der Waals surface area contributed by atoms with Gasteiger partial charge in [0.05, 0.1) is 19.4 Å². The van der Waals surface area contributed by atoms with Gasteiger partial charge in [0.2, 0.25) is 5.65 Å². The van der Waals surface area contributed by atoms with Crippen LogP contribution < -0.4 is 0 Å². The molecule has 1 saturated heterocycles. The molecule has 9 heteroatoms. The van der Waals surface area contributed by atoms with Gasteiger partial charge in [-0.1, -0.05) is 0 Å². The standard InChI is InChI=1S/C15H23N7O2/c1-15(2,3)22(5-4-20-6-8-24-9-7-20)14(23)21-11-16-13-12(21)10-17-19-18-13/h10-11H,4-9H2,1-3H3.